The summed E-state index contributed by atoms with van der Waals surface area (Å²) in [5.41, 5.74) is 0.731. The minimum Gasteiger partial charge on any atom is -0.504 e. The first kappa shape index (κ1) is 27.5. The van der Waals surface area contributed by atoms with Crippen molar-refractivity contribution in [3.05, 3.63) is 29.8 Å². The van der Waals surface area contributed by atoms with Gasteiger partial charge in [0, 0.05) is 12.5 Å². The minimum absolute atomic E-state index is 0.0451. The molecule has 8 heteroatoms. The fraction of sp³-hybridized carbons (Fsp3) is 0.583. The molecular weight excluding hydrogens is 416 g/mol. The molecule has 0 amide bonds. The van der Waals surface area contributed by atoms with E-state index in [0.717, 1.165) is 56.9 Å². The highest BCUT2D eigenvalue weighted by Gasteiger charge is 2.07. The number of methoxy groups -OCH3 is 1. The summed E-state index contributed by atoms with van der Waals surface area (Å²) >= 11 is 0. The maximum atomic E-state index is 11.8. The number of esters is 2. The van der Waals surface area contributed by atoms with Crippen LogP contribution in [0.5, 0.6) is 11.5 Å². The van der Waals surface area contributed by atoms with Crippen molar-refractivity contribution >= 4 is 18.0 Å². The molecule has 1 aromatic carbocycles. The standard InChI is InChI=1S/C24H36O8/c1-30-22-16-19(11-13-21(22)27)12-14-24(29)31-15-9-7-5-3-2-4-6-8-10-23(28)32-18-20(26)17-25/h11-14,16,20,25-27H,2-10,15,17-18H2,1H3. The fourth-order valence-electron chi connectivity index (χ4n) is 2.93. The van der Waals surface area contributed by atoms with E-state index >= 15 is 0 Å². The molecule has 0 saturated heterocycles. The predicted octanol–water partition coefficient (Wildman–Crippen LogP) is 3.36. The van der Waals surface area contributed by atoms with Crippen molar-refractivity contribution in [2.45, 2.75) is 63.9 Å². The van der Waals surface area contributed by atoms with E-state index in [9.17, 15) is 14.7 Å². The van der Waals surface area contributed by atoms with Crippen LogP contribution < -0.4 is 4.74 Å². The highest BCUT2D eigenvalue weighted by Crippen LogP contribution is 2.26. The number of aliphatic hydroxyl groups excluding tert-OH is 2. The average Bonchev–Trinajstić information content (AvgIpc) is 2.80. The number of hydrogen-bond acceptors (Lipinski definition) is 8. The minimum atomic E-state index is -1.01. The Kier molecular flexibility index (Phi) is 14.6. The molecule has 1 atom stereocenters. The first-order valence-corrected chi connectivity index (χ1v) is 11.1. The van der Waals surface area contributed by atoms with Crippen molar-refractivity contribution in [1.29, 1.82) is 0 Å². The lowest BCUT2D eigenvalue weighted by molar-refractivity contribution is -0.147. The van der Waals surface area contributed by atoms with E-state index in [1.54, 1.807) is 18.2 Å². The van der Waals surface area contributed by atoms with Gasteiger partial charge in [-0.1, -0.05) is 44.6 Å². The number of phenolic OH excluding ortho intramolecular Hbond substituents is 1. The summed E-state index contributed by atoms with van der Waals surface area (Å²) in [7, 11) is 1.46. The molecule has 0 aliphatic heterocycles. The van der Waals surface area contributed by atoms with Crippen molar-refractivity contribution < 1.29 is 39.1 Å². The number of phenols is 1. The van der Waals surface area contributed by atoms with Gasteiger partial charge in [-0.05, 0) is 36.6 Å². The van der Waals surface area contributed by atoms with Crippen LogP contribution in [-0.4, -0.2) is 60.3 Å². The van der Waals surface area contributed by atoms with E-state index in [1.165, 1.54) is 19.3 Å². The Morgan fingerprint density at radius 2 is 1.66 bits per heavy atom. The van der Waals surface area contributed by atoms with Crippen molar-refractivity contribution in [2.24, 2.45) is 0 Å². The molecule has 3 N–H and O–H groups in total. The fourth-order valence-corrected chi connectivity index (χ4v) is 2.93. The van der Waals surface area contributed by atoms with Crippen LogP contribution in [0, 0.1) is 0 Å². The van der Waals surface area contributed by atoms with Gasteiger partial charge >= 0.3 is 11.9 Å². The van der Waals surface area contributed by atoms with Crippen molar-refractivity contribution in [2.75, 3.05) is 26.9 Å². The second kappa shape index (κ2) is 17.0. The number of aliphatic hydroxyl groups is 2. The summed E-state index contributed by atoms with van der Waals surface area (Å²) in [6, 6.07) is 4.82. The quantitative estimate of drug-likeness (QED) is 0.187. The largest absolute Gasteiger partial charge is 0.504 e. The van der Waals surface area contributed by atoms with Crippen molar-refractivity contribution in [3.63, 3.8) is 0 Å². The first-order valence-electron chi connectivity index (χ1n) is 11.1. The molecule has 180 valence electrons. The van der Waals surface area contributed by atoms with Crippen LogP contribution in [0.2, 0.25) is 0 Å². The van der Waals surface area contributed by atoms with Crippen LogP contribution in [0.1, 0.15) is 63.4 Å². The molecule has 0 radical (unpaired) electrons. The van der Waals surface area contributed by atoms with E-state index in [-0.39, 0.29) is 18.3 Å². The molecular formula is C24H36O8. The van der Waals surface area contributed by atoms with Crippen molar-refractivity contribution in [3.8, 4) is 11.5 Å². The highest BCUT2D eigenvalue weighted by molar-refractivity contribution is 5.87. The Bertz CT molecular complexity index is 701. The van der Waals surface area contributed by atoms with Crippen LogP contribution in [0.3, 0.4) is 0 Å². The summed E-state index contributed by atoms with van der Waals surface area (Å²) < 4.78 is 15.1. The molecule has 1 aromatic rings. The van der Waals surface area contributed by atoms with Crippen molar-refractivity contribution in [1.82, 2.24) is 0 Å². The molecule has 8 nitrogen and oxygen atoms in total. The molecule has 0 spiro atoms. The molecule has 32 heavy (non-hydrogen) atoms. The summed E-state index contributed by atoms with van der Waals surface area (Å²) in [5, 5.41) is 27.3. The van der Waals surface area contributed by atoms with Crippen LogP contribution in [0.25, 0.3) is 6.08 Å². The van der Waals surface area contributed by atoms with E-state index in [1.807, 2.05) is 0 Å². The van der Waals surface area contributed by atoms with Crippen LogP contribution >= 0.6 is 0 Å². The Balaban J connectivity index is 1.97. The van der Waals surface area contributed by atoms with Gasteiger partial charge in [-0.3, -0.25) is 4.79 Å². The summed E-state index contributed by atoms with van der Waals surface area (Å²) in [4.78, 5) is 23.2. The number of unbranched alkanes of at least 4 members (excludes halogenated alkanes) is 7. The molecule has 0 heterocycles. The van der Waals surface area contributed by atoms with E-state index < -0.39 is 18.7 Å². The smallest absolute Gasteiger partial charge is 0.330 e. The number of aromatic hydroxyl groups is 1. The van der Waals surface area contributed by atoms with Gasteiger partial charge in [0.2, 0.25) is 0 Å². The highest BCUT2D eigenvalue weighted by atomic mass is 16.5. The molecule has 1 rings (SSSR count). The molecule has 0 fully saturated rings. The Labute approximate surface area is 189 Å². The van der Waals surface area contributed by atoms with Gasteiger partial charge in [-0.25, -0.2) is 4.79 Å². The third-order valence-electron chi connectivity index (χ3n) is 4.78. The maximum Gasteiger partial charge on any atom is 0.330 e. The summed E-state index contributed by atoms with van der Waals surface area (Å²) in [6.07, 6.45) is 10.1. The molecule has 0 aliphatic carbocycles. The van der Waals surface area contributed by atoms with E-state index in [0.29, 0.717) is 18.8 Å². The second-order valence-electron chi connectivity index (χ2n) is 7.53. The van der Waals surface area contributed by atoms with Gasteiger partial charge in [0.05, 0.1) is 20.3 Å². The van der Waals surface area contributed by atoms with Gasteiger partial charge in [0.25, 0.3) is 0 Å². The Morgan fingerprint density at radius 1 is 1.00 bits per heavy atom. The van der Waals surface area contributed by atoms with Gasteiger partial charge < -0.3 is 29.5 Å². The first-order chi connectivity index (χ1) is 15.5. The number of ether oxygens (including phenoxy) is 3. The topological polar surface area (TPSA) is 123 Å². The van der Waals surface area contributed by atoms with E-state index in [2.05, 4.69) is 0 Å². The predicted molar refractivity (Wildman–Crippen MR) is 120 cm³/mol. The zero-order valence-corrected chi connectivity index (χ0v) is 18.8. The van der Waals surface area contributed by atoms with Gasteiger partial charge in [0.1, 0.15) is 12.7 Å². The Hall–Kier alpha value is -2.58. The average molecular weight is 453 g/mol. The van der Waals surface area contributed by atoms with Gasteiger partial charge in [0.15, 0.2) is 11.5 Å². The van der Waals surface area contributed by atoms with Crippen LogP contribution in [0.4, 0.5) is 0 Å². The second-order valence-corrected chi connectivity index (χ2v) is 7.53. The third kappa shape index (κ3) is 13.0. The molecule has 0 saturated carbocycles. The lowest BCUT2D eigenvalue weighted by atomic mass is 10.1. The molecule has 0 bridgehead atoms. The van der Waals surface area contributed by atoms with E-state index in [4.69, 9.17) is 24.4 Å². The zero-order chi connectivity index (χ0) is 23.6. The summed E-state index contributed by atoms with van der Waals surface area (Å²) in [5.74, 6) is -0.354. The molecule has 1 unspecified atom stereocenters. The SMILES string of the molecule is COc1cc(C=CC(=O)OCCCCCCCCCCC(=O)OCC(O)CO)ccc1O. The zero-order valence-electron chi connectivity index (χ0n) is 18.8. The number of benzene rings is 1. The van der Waals surface area contributed by atoms with Crippen LogP contribution in [0.15, 0.2) is 24.3 Å². The number of rotatable bonds is 17. The normalized spacial score (nSPS) is 12.0. The maximum absolute atomic E-state index is 11.8. The lowest BCUT2D eigenvalue weighted by Gasteiger charge is -2.08. The Morgan fingerprint density at radius 3 is 2.31 bits per heavy atom. The number of carbonyl (C=O) groups is 2. The van der Waals surface area contributed by atoms with Crippen LogP contribution in [-0.2, 0) is 19.1 Å². The number of hydrogen-bond donors (Lipinski definition) is 3. The third-order valence-corrected chi connectivity index (χ3v) is 4.78. The lowest BCUT2D eigenvalue weighted by Crippen LogP contribution is -2.21. The summed E-state index contributed by atoms with van der Waals surface area (Å²) in [6.45, 7) is -0.187. The van der Waals surface area contributed by atoms with Gasteiger partial charge in [-0.2, -0.15) is 0 Å². The van der Waals surface area contributed by atoms with Gasteiger partial charge in [-0.15, -0.1) is 0 Å². The molecule has 0 aliphatic rings. The number of carbonyl (C=O) groups excluding carboxylic acids is 2. The monoisotopic (exact) mass is 452 g/mol. The molecule has 0 aromatic heterocycles.